The second-order valence-electron chi connectivity index (χ2n) is 10.1. The normalized spacial score (nSPS) is 19.8. The maximum Gasteiger partial charge on any atom is 0.327 e. The molecule has 0 saturated carbocycles. The van der Waals surface area contributed by atoms with E-state index in [0.29, 0.717) is 11.1 Å². The standard InChI is InChI=1S/C30H31N5O7S/c1-2-18-33(43(40,41)27-16-10-9-15-24(27)35(38)39)19-17-32-28(36)25-20-31-21-26-29(37)42-30(34(25)26,22-11-5-3-6-12-22)23-13-7-4-8-14-23/h2-16,25-26,31H,1,17-21H2,(H,32,36). The Kier molecular flexibility index (Phi) is 8.69. The number of carbonyl (C=O) groups excluding carboxylic acids is 2. The summed E-state index contributed by atoms with van der Waals surface area (Å²) in [5, 5.41) is 17.5. The number of benzene rings is 3. The van der Waals surface area contributed by atoms with Crippen molar-refractivity contribution in [2.45, 2.75) is 22.7 Å². The van der Waals surface area contributed by atoms with Crippen LogP contribution in [-0.2, 0) is 30.1 Å². The third-order valence-electron chi connectivity index (χ3n) is 7.54. The van der Waals surface area contributed by atoms with Gasteiger partial charge in [0.2, 0.25) is 21.7 Å². The zero-order valence-corrected chi connectivity index (χ0v) is 24.0. The molecule has 3 aromatic carbocycles. The first kappa shape index (κ1) is 30.0. The summed E-state index contributed by atoms with van der Waals surface area (Å²) in [5.41, 5.74) is -0.538. The van der Waals surface area contributed by atoms with E-state index in [1.54, 1.807) is 4.90 Å². The zero-order valence-electron chi connectivity index (χ0n) is 23.2. The molecule has 2 saturated heterocycles. The molecule has 2 aliphatic heterocycles. The number of nitro benzene ring substituents is 1. The number of ether oxygens (including phenoxy) is 1. The van der Waals surface area contributed by atoms with Crippen LogP contribution in [0.1, 0.15) is 11.1 Å². The van der Waals surface area contributed by atoms with Gasteiger partial charge >= 0.3 is 5.97 Å². The number of nitro groups is 1. The van der Waals surface area contributed by atoms with Crippen molar-refractivity contribution < 1.29 is 27.7 Å². The van der Waals surface area contributed by atoms with Crippen LogP contribution < -0.4 is 10.6 Å². The average Bonchev–Trinajstić information content (AvgIpc) is 3.34. The summed E-state index contributed by atoms with van der Waals surface area (Å²) in [6, 6.07) is 21.9. The number of piperazine rings is 1. The van der Waals surface area contributed by atoms with Gasteiger partial charge in [0.05, 0.1) is 4.92 Å². The maximum absolute atomic E-state index is 13.8. The van der Waals surface area contributed by atoms with Gasteiger partial charge in [-0.2, -0.15) is 4.31 Å². The summed E-state index contributed by atoms with van der Waals surface area (Å²) >= 11 is 0. The molecule has 2 heterocycles. The Hall–Kier alpha value is -4.43. The third-order valence-corrected chi connectivity index (χ3v) is 9.45. The van der Waals surface area contributed by atoms with Crippen LogP contribution in [0.2, 0.25) is 0 Å². The average molecular weight is 606 g/mol. The number of carbonyl (C=O) groups is 2. The van der Waals surface area contributed by atoms with Crippen LogP contribution >= 0.6 is 0 Å². The van der Waals surface area contributed by atoms with Gasteiger partial charge in [-0.1, -0.05) is 78.9 Å². The summed E-state index contributed by atoms with van der Waals surface area (Å²) in [7, 11) is -4.29. The Labute approximate surface area is 249 Å². The Morgan fingerprint density at radius 2 is 1.67 bits per heavy atom. The number of hydrogen-bond acceptors (Lipinski definition) is 9. The van der Waals surface area contributed by atoms with Crippen LogP contribution in [0.15, 0.2) is 102 Å². The molecule has 3 aromatic rings. The van der Waals surface area contributed by atoms with Crippen LogP contribution in [0.4, 0.5) is 5.69 Å². The molecule has 5 rings (SSSR count). The van der Waals surface area contributed by atoms with E-state index in [9.17, 15) is 28.1 Å². The molecule has 0 bridgehead atoms. The van der Waals surface area contributed by atoms with E-state index >= 15 is 0 Å². The summed E-state index contributed by atoms with van der Waals surface area (Å²) in [6.07, 6.45) is 1.37. The number of rotatable bonds is 11. The highest BCUT2D eigenvalue weighted by Crippen LogP contribution is 2.45. The molecule has 224 valence electrons. The van der Waals surface area contributed by atoms with E-state index in [2.05, 4.69) is 17.2 Å². The predicted molar refractivity (Wildman–Crippen MR) is 157 cm³/mol. The summed E-state index contributed by atoms with van der Waals surface area (Å²) < 4.78 is 34.0. The van der Waals surface area contributed by atoms with Crippen LogP contribution in [-0.4, -0.2) is 79.2 Å². The van der Waals surface area contributed by atoms with Gasteiger partial charge in [0.25, 0.3) is 5.69 Å². The molecule has 2 aliphatic rings. The zero-order chi connectivity index (χ0) is 30.6. The van der Waals surface area contributed by atoms with Crippen molar-refractivity contribution in [3.63, 3.8) is 0 Å². The van der Waals surface area contributed by atoms with Crippen molar-refractivity contribution in [1.82, 2.24) is 19.8 Å². The molecule has 2 N–H and O–H groups in total. The Morgan fingerprint density at radius 1 is 1.07 bits per heavy atom. The highest BCUT2D eigenvalue weighted by atomic mass is 32.2. The summed E-state index contributed by atoms with van der Waals surface area (Å²) in [5.74, 6) is -0.904. The number of hydrogen-bond donors (Lipinski definition) is 2. The lowest BCUT2D eigenvalue weighted by Gasteiger charge is -2.44. The third kappa shape index (κ3) is 5.55. The minimum Gasteiger partial charge on any atom is -0.434 e. The van der Waals surface area contributed by atoms with Gasteiger partial charge in [0.1, 0.15) is 12.1 Å². The van der Waals surface area contributed by atoms with E-state index in [4.69, 9.17) is 4.74 Å². The molecule has 0 radical (unpaired) electrons. The molecule has 0 aromatic heterocycles. The fourth-order valence-corrected chi connectivity index (χ4v) is 7.21. The second kappa shape index (κ2) is 12.4. The number of nitrogens with one attached hydrogen (secondary N) is 2. The molecular formula is C30H31N5O7S. The lowest BCUT2D eigenvalue weighted by Crippen LogP contribution is -2.66. The topological polar surface area (TPSA) is 151 Å². The van der Waals surface area contributed by atoms with Gasteiger partial charge in [-0.25, -0.2) is 13.3 Å². The number of amides is 1. The number of esters is 1. The number of nitrogens with zero attached hydrogens (tertiary/aromatic N) is 3. The molecule has 2 fully saturated rings. The molecular weight excluding hydrogens is 574 g/mol. The fraction of sp³-hybridized carbons (Fsp3) is 0.267. The van der Waals surface area contributed by atoms with Crippen LogP contribution in [0, 0.1) is 10.1 Å². The van der Waals surface area contributed by atoms with Crippen molar-refractivity contribution in [3.8, 4) is 0 Å². The first-order valence-corrected chi connectivity index (χ1v) is 15.1. The maximum atomic E-state index is 13.8. The lowest BCUT2D eigenvalue weighted by molar-refractivity contribution is -0.387. The van der Waals surface area contributed by atoms with Gasteiger partial charge < -0.3 is 15.4 Å². The van der Waals surface area contributed by atoms with E-state index < -0.39 is 55.2 Å². The van der Waals surface area contributed by atoms with Crippen LogP contribution in [0.25, 0.3) is 0 Å². The van der Waals surface area contributed by atoms with E-state index in [-0.39, 0.29) is 32.7 Å². The monoisotopic (exact) mass is 605 g/mol. The van der Waals surface area contributed by atoms with Crippen molar-refractivity contribution in [1.29, 1.82) is 0 Å². The minimum atomic E-state index is -4.29. The molecule has 2 atom stereocenters. The number of sulfonamides is 1. The van der Waals surface area contributed by atoms with E-state index in [1.165, 1.54) is 24.3 Å². The van der Waals surface area contributed by atoms with Crippen LogP contribution in [0.3, 0.4) is 0 Å². The molecule has 0 aliphatic carbocycles. The first-order valence-electron chi connectivity index (χ1n) is 13.7. The van der Waals surface area contributed by atoms with Crippen molar-refractivity contribution in [2.24, 2.45) is 0 Å². The highest BCUT2D eigenvalue weighted by Gasteiger charge is 2.60. The van der Waals surface area contributed by atoms with Gasteiger partial charge in [0, 0.05) is 49.9 Å². The van der Waals surface area contributed by atoms with Gasteiger partial charge in [0.15, 0.2) is 4.90 Å². The minimum absolute atomic E-state index is 0.0972. The van der Waals surface area contributed by atoms with Gasteiger partial charge in [-0.05, 0) is 6.07 Å². The fourth-order valence-electron chi connectivity index (χ4n) is 5.64. The number of cyclic esters (lactones) is 1. The van der Waals surface area contributed by atoms with Gasteiger partial charge in [-0.15, -0.1) is 6.58 Å². The number of para-hydroxylation sites is 1. The SMILES string of the molecule is C=CCN(CCNC(=O)C1CNCC2C(=O)OC(c3ccccc3)(c3ccccc3)N12)S(=O)(=O)c1ccccc1[N+](=O)[O-]. The predicted octanol–water partition coefficient (Wildman–Crippen LogP) is 1.99. The van der Waals surface area contributed by atoms with Crippen molar-refractivity contribution in [2.75, 3.05) is 32.7 Å². The number of fused-ring (bicyclic) bond motifs is 1. The second-order valence-corrected chi connectivity index (χ2v) is 12.0. The molecule has 1 amide bonds. The Morgan fingerprint density at radius 3 is 2.28 bits per heavy atom. The van der Waals surface area contributed by atoms with E-state index in [1.807, 2.05) is 60.7 Å². The first-order chi connectivity index (χ1) is 20.7. The van der Waals surface area contributed by atoms with Crippen LogP contribution in [0.5, 0.6) is 0 Å². The molecule has 43 heavy (non-hydrogen) atoms. The largest absolute Gasteiger partial charge is 0.434 e. The van der Waals surface area contributed by atoms with Crippen molar-refractivity contribution in [3.05, 3.63) is 119 Å². The van der Waals surface area contributed by atoms with Crippen molar-refractivity contribution >= 4 is 27.6 Å². The van der Waals surface area contributed by atoms with Gasteiger partial charge in [-0.3, -0.25) is 19.7 Å². The summed E-state index contributed by atoms with van der Waals surface area (Å²) in [6.45, 7) is 3.71. The Bertz CT molecular complexity index is 1580. The molecule has 0 spiro atoms. The summed E-state index contributed by atoms with van der Waals surface area (Å²) in [4.78, 5) is 39.1. The molecule has 12 nitrogen and oxygen atoms in total. The Balaban J connectivity index is 1.41. The lowest BCUT2D eigenvalue weighted by atomic mass is 9.90. The highest BCUT2D eigenvalue weighted by molar-refractivity contribution is 7.89. The quantitative estimate of drug-likeness (QED) is 0.145. The van der Waals surface area contributed by atoms with E-state index in [0.717, 1.165) is 10.4 Å². The molecule has 13 heteroatoms. The smallest absolute Gasteiger partial charge is 0.327 e. The molecule has 2 unspecified atom stereocenters.